The maximum Gasteiger partial charge on any atom is 0.261 e. The molecule has 2 aromatic heterocycles. The van der Waals surface area contributed by atoms with Gasteiger partial charge in [-0.3, -0.25) is 9.59 Å². The molecule has 6 rings (SSSR count). The number of aromatic nitrogens is 3. The van der Waals surface area contributed by atoms with Gasteiger partial charge in [0.1, 0.15) is 11.4 Å². The third-order valence-corrected chi connectivity index (χ3v) is 7.86. The van der Waals surface area contributed by atoms with Crippen LogP contribution in [0.15, 0.2) is 53.5 Å². The molecule has 1 saturated heterocycles. The SMILES string of the molecule is Cc1ccccc1C[C@H](C)Nc1cc[nH]c(=O)c1-c1nc2cc3c(cc2[nH]1)CN(CCN1CCCC1)C3=O. The van der Waals surface area contributed by atoms with Crippen LogP contribution in [-0.2, 0) is 13.0 Å². The van der Waals surface area contributed by atoms with E-state index >= 15 is 0 Å². The summed E-state index contributed by atoms with van der Waals surface area (Å²) in [5.74, 6) is 0.560. The number of fused-ring (bicyclic) bond motifs is 2. The maximum atomic E-state index is 13.1. The number of nitrogens with one attached hydrogen (secondary N) is 3. The molecule has 8 heteroatoms. The number of H-pyrrole nitrogens is 2. The molecule has 8 nitrogen and oxygen atoms in total. The van der Waals surface area contributed by atoms with Gasteiger partial charge in [-0.15, -0.1) is 0 Å². The highest BCUT2D eigenvalue weighted by molar-refractivity contribution is 6.02. The van der Waals surface area contributed by atoms with E-state index < -0.39 is 0 Å². The number of anilines is 1. The zero-order valence-electron chi connectivity index (χ0n) is 22.0. The molecule has 2 aliphatic rings. The summed E-state index contributed by atoms with van der Waals surface area (Å²) in [5.41, 5.74) is 6.75. The lowest BCUT2D eigenvalue weighted by molar-refractivity contribution is 0.0763. The highest BCUT2D eigenvalue weighted by Crippen LogP contribution is 2.30. The van der Waals surface area contributed by atoms with E-state index in [1.54, 1.807) is 6.20 Å². The predicted octanol–water partition coefficient (Wildman–Crippen LogP) is 4.32. The molecule has 1 fully saturated rings. The fourth-order valence-corrected chi connectivity index (χ4v) is 5.77. The summed E-state index contributed by atoms with van der Waals surface area (Å²) in [5, 5.41) is 3.52. The van der Waals surface area contributed by atoms with Crippen LogP contribution in [-0.4, -0.2) is 62.9 Å². The molecule has 0 spiro atoms. The van der Waals surface area contributed by atoms with E-state index in [4.69, 9.17) is 4.98 Å². The monoisotopic (exact) mass is 510 g/mol. The number of rotatable bonds is 8. The van der Waals surface area contributed by atoms with Crippen molar-refractivity contribution in [2.45, 2.75) is 45.7 Å². The number of carbonyl (C=O) groups excluding carboxylic acids is 1. The molecule has 38 heavy (non-hydrogen) atoms. The van der Waals surface area contributed by atoms with Crippen molar-refractivity contribution < 1.29 is 4.79 Å². The van der Waals surface area contributed by atoms with E-state index in [0.717, 1.165) is 49.4 Å². The highest BCUT2D eigenvalue weighted by Gasteiger charge is 2.29. The second-order valence-corrected chi connectivity index (χ2v) is 10.7. The number of hydrogen-bond acceptors (Lipinski definition) is 5. The van der Waals surface area contributed by atoms with Crippen LogP contribution in [0.5, 0.6) is 0 Å². The van der Waals surface area contributed by atoms with Gasteiger partial charge < -0.3 is 25.1 Å². The average molecular weight is 511 g/mol. The number of likely N-dealkylation sites (tertiary alicyclic amines) is 1. The van der Waals surface area contributed by atoms with Crippen molar-refractivity contribution in [2.24, 2.45) is 0 Å². The number of benzene rings is 2. The van der Waals surface area contributed by atoms with Gasteiger partial charge in [-0.25, -0.2) is 4.98 Å². The zero-order chi connectivity index (χ0) is 26.2. The molecule has 0 bridgehead atoms. The smallest absolute Gasteiger partial charge is 0.261 e. The van der Waals surface area contributed by atoms with Crippen molar-refractivity contribution in [2.75, 3.05) is 31.5 Å². The van der Waals surface area contributed by atoms with Crippen molar-refractivity contribution in [1.82, 2.24) is 24.8 Å². The molecule has 2 aromatic carbocycles. The molecule has 0 aliphatic carbocycles. The molecule has 1 atom stereocenters. The third kappa shape index (κ3) is 4.72. The zero-order valence-corrected chi connectivity index (χ0v) is 22.0. The Morgan fingerprint density at radius 2 is 1.89 bits per heavy atom. The predicted molar refractivity (Wildman–Crippen MR) is 151 cm³/mol. The molecule has 0 radical (unpaired) electrons. The third-order valence-electron chi connectivity index (χ3n) is 7.86. The van der Waals surface area contributed by atoms with Gasteiger partial charge in [0.25, 0.3) is 11.5 Å². The Morgan fingerprint density at radius 1 is 1.08 bits per heavy atom. The minimum atomic E-state index is -0.214. The fraction of sp³-hybridized carbons (Fsp3) is 0.367. The Morgan fingerprint density at radius 3 is 2.71 bits per heavy atom. The summed E-state index contributed by atoms with van der Waals surface area (Å²) >= 11 is 0. The number of pyridine rings is 1. The summed E-state index contributed by atoms with van der Waals surface area (Å²) in [6.07, 6.45) is 4.99. The Hall–Kier alpha value is -3.91. The van der Waals surface area contributed by atoms with Gasteiger partial charge in [0.05, 0.1) is 16.7 Å². The van der Waals surface area contributed by atoms with Crippen molar-refractivity contribution >= 4 is 22.6 Å². The average Bonchev–Trinajstić information content (AvgIpc) is 3.62. The number of hydrogen-bond donors (Lipinski definition) is 3. The lowest BCUT2D eigenvalue weighted by Gasteiger charge is -2.20. The second kappa shape index (κ2) is 10.1. The molecule has 2 aliphatic heterocycles. The van der Waals surface area contributed by atoms with E-state index in [9.17, 15) is 9.59 Å². The van der Waals surface area contributed by atoms with Crippen molar-refractivity contribution in [3.63, 3.8) is 0 Å². The van der Waals surface area contributed by atoms with Crippen LogP contribution in [0.25, 0.3) is 22.4 Å². The molecule has 1 amide bonds. The molecule has 0 saturated carbocycles. The van der Waals surface area contributed by atoms with Crippen LogP contribution in [0.2, 0.25) is 0 Å². The minimum absolute atomic E-state index is 0.0654. The number of aromatic amines is 2. The van der Waals surface area contributed by atoms with Crippen molar-refractivity contribution in [3.8, 4) is 11.4 Å². The van der Waals surface area contributed by atoms with Gasteiger partial charge in [-0.2, -0.15) is 0 Å². The fourth-order valence-electron chi connectivity index (χ4n) is 5.77. The van der Waals surface area contributed by atoms with Crippen LogP contribution in [0.1, 0.15) is 46.8 Å². The first-order valence-corrected chi connectivity index (χ1v) is 13.5. The summed E-state index contributed by atoms with van der Waals surface area (Å²) in [7, 11) is 0. The highest BCUT2D eigenvalue weighted by atomic mass is 16.2. The van der Waals surface area contributed by atoms with Crippen molar-refractivity contribution in [3.05, 3.63) is 81.3 Å². The number of imidazole rings is 1. The number of nitrogens with zero attached hydrogens (tertiary/aromatic N) is 3. The first kappa shape index (κ1) is 24.4. The molecule has 4 aromatic rings. The number of aryl methyl sites for hydroxylation is 1. The standard InChI is InChI=1S/C30H34N6O2/c1-19-7-3-4-8-21(19)15-20(2)32-24-9-10-31-29(37)27(24)28-33-25-16-22-18-36(14-13-35-11-5-6-12-35)30(38)23(22)17-26(25)34-28/h3-4,7-10,16-17,20H,5-6,11-15,18H2,1-2H3,(H,33,34)(H2,31,32,37)/t20-/m0/s1. The van der Waals surface area contributed by atoms with Crippen LogP contribution in [0, 0.1) is 6.92 Å². The number of amides is 1. The van der Waals surface area contributed by atoms with Crippen LogP contribution in [0.3, 0.4) is 0 Å². The first-order valence-electron chi connectivity index (χ1n) is 13.5. The summed E-state index contributed by atoms with van der Waals surface area (Å²) in [6, 6.07) is 14.2. The molecule has 0 unspecified atom stereocenters. The van der Waals surface area contributed by atoms with E-state index in [-0.39, 0.29) is 17.5 Å². The first-order chi connectivity index (χ1) is 18.5. The van der Waals surface area contributed by atoms with Gasteiger partial charge in [0.2, 0.25) is 0 Å². The Bertz CT molecular complexity index is 1550. The van der Waals surface area contributed by atoms with Crippen molar-refractivity contribution in [1.29, 1.82) is 0 Å². The van der Waals surface area contributed by atoms with Gasteiger partial charge in [0, 0.05) is 37.4 Å². The normalized spacial score (nSPS) is 16.4. The van der Waals surface area contributed by atoms with E-state index in [2.05, 4.69) is 52.2 Å². The Labute approximate surface area is 222 Å². The molecular formula is C30H34N6O2. The molecule has 196 valence electrons. The van der Waals surface area contributed by atoms with Crippen LogP contribution < -0.4 is 10.9 Å². The van der Waals surface area contributed by atoms with E-state index in [0.29, 0.717) is 29.0 Å². The van der Waals surface area contributed by atoms with E-state index in [1.807, 2.05) is 29.2 Å². The molecule has 3 N–H and O–H groups in total. The van der Waals surface area contributed by atoms with Gasteiger partial charge in [0.15, 0.2) is 0 Å². The Balaban J connectivity index is 1.24. The van der Waals surface area contributed by atoms with E-state index in [1.165, 1.54) is 24.0 Å². The van der Waals surface area contributed by atoms with Crippen LogP contribution >= 0.6 is 0 Å². The van der Waals surface area contributed by atoms with Gasteiger partial charge in [-0.05, 0) is 81.1 Å². The lowest BCUT2D eigenvalue weighted by atomic mass is 10.0. The summed E-state index contributed by atoms with van der Waals surface area (Å²) in [6.45, 7) is 8.77. The summed E-state index contributed by atoms with van der Waals surface area (Å²) < 4.78 is 0. The van der Waals surface area contributed by atoms with Gasteiger partial charge >= 0.3 is 0 Å². The van der Waals surface area contributed by atoms with Crippen LogP contribution in [0.4, 0.5) is 5.69 Å². The lowest BCUT2D eigenvalue weighted by Crippen LogP contribution is -2.33. The topological polar surface area (TPSA) is 97.1 Å². The minimum Gasteiger partial charge on any atom is -0.381 e. The Kier molecular flexibility index (Phi) is 6.49. The second-order valence-electron chi connectivity index (χ2n) is 10.7. The molecule has 4 heterocycles. The maximum absolute atomic E-state index is 13.1. The largest absolute Gasteiger partial charge is 0.381 e. The quantitative estimate of drug-likeness (QED) is 0.328. The number of carbonyl (C=O) groups is 1. The molecular weight excluding hydrogens is 476 g/mol. The summed E-state index contributed by atoms with van der Waals surface area (Å²) in [4.78, 5) is 41.4. The van der Waals surface area contributed by atoms with Gasteiger partial charge in [-0.1, -0.05) is 24.3 Å².